The van der Waals surface area contributed by atoms with E-state index in [1.807, 2.05) is 13.8 Å². The van der Waals surface area contributed by atoms with Crippen LogP contribution in [0.3, 0.4) is 0 Å². The van der Waals surface area contributed by atoms with Crippen molar-refractivity contribution in [1.29, 1.82) is 5.26 Å². The highest BCUT2D eigenvalue weighted by Gasteiger charge is 2.24. The van der Waals surface area contributed by atoms with Crippen molar-refractivity contribution < 1.29 is 4.79 Å². The lowest BCUT2D eigenvalue weighted by atomic mass is 9.87. The SMILES string of the molecule is CCCC(C)C(=O)C(C#N)c1cccc(Cl)c1. The summed E-state index contributed by atoms with van der Waals surface area (Å²) in [7, 11) is 0. The fourth-order valence-electron chi connectivity index (χ4n) is 1.85. The molecule has 17 heavy (non-hydrogen) atoms. The predicted molar refractivity (Wildman–Crippen MR) is 68.9 cm³/mol. The molecule has 0 heterocycles. The number of nitriles is 1. The first-order valence-electron chi connectivity index (χ1n) is 5.79. The van der Waals surface area contributed by atoms with Gasteiger partial charge in [0.05, 0.1) is 6.07 Å². The summed E-state index contributed by atoms with van der Waals surface area (Å²) >= 11 is 5.87. The lowest BCUT2D eigenvalue weighted by molar-refractivity contribution is -0.122. The summed E-state index contributed by atoms with van der Waals surface area (Å²) < 4.78 is 0. The lowest BCUT2D eigenvalue weighted by Gasteiger charge is -2.14. The van der Waals surface area contributed by atoms with E-state index in [1.165, 1.54) is 0 Å². The molecule has 0 amide bonds. The summed E-state index contributed by atoms with van der Waals surface area (Å²) in [6.07, 6.45) is 1.76. The molecule has 0 spiro atoms. The van der Waals surface area contributed by atoms with Crippen molar-refractivity contribution in [3.05, 3.63) is 34.9 Å². The molecular formula is C14H16ClNO. The van der Waals surface area contributed by atoms with E-state index in [2.05, 4.69) is 6.07 Å². The van der Waals surface area contributed by atoms with Gasteiger partial charge in [-0.1, -0.05) is 44.0 Å². The van der Waals surface area contributed by atoms with Crippen LogP contribution in [0.2, 0.25) is 5.02 Å². The number of benzene rings is 1. The smallest absolute Gasteiger partial charge is 0.157 e. The van der Waals surface area contributed by atoms with E-state index in [0.717, 1.165) is 12.8 Å². The first kappa shape index (κ1) is 13.7. The average Bonchev–Trinajstić information content (AvgIpc) is 2.30. The first-order valence-corrected chi connectivity index (χ1v) is 6.16. The summed E-state index contributed by atoms with van der Waals surface area (Å²) in [4.78, 5) is 12.1. The maximum absolute atomic E-state index is 12.1. The number of halogens is 1. The molecule has 0 fully saturated rings. The highest BCUT2D eigenvalue weighted by atomic mass is 35.5. The van der Waals surface area contributed by atoms with Crippen molar-refractivity contribution in [2.24, 2.45) is 5.92 Å². The van der Waals surface area contributed by atoms with Gasteiger partial charge in [0, 0.05) is 10.9 Å². The Kier molecular flexibility index (Phi) is 5.18. The second kappa shape index (κ2) is 6.42. The Morgan fingerprint density at radius 1 is 1.53 bits per heavy atom. The highest BCUT2D eigenvalue weighted by molar-refractivity contribution is 6.30. The zero-order valence-electron chi connectivity index (χ0n) is 10.1. The van der Waals surface area contributed by atoms with Gasteiger partial charge in [0.2, 0.25) is 0 Å². The van der Waals surface area contributed by atoms with Crippen LogP contribution in [0.4, 0.5) is 0 Å². The predicted octanol–water partition coefficient (Wildman–Crippen LogP) is 3.95. The maximum Gasteiger partial charge on any atom is 0.157 e. The summed E-state index contributed by atoms with van der Waals surface area (Å²) in [5.74, 6) is -0.796. The molecule has 0 aliphatic rings. The molecule has 0 aromatic heterocycles. The molecule has 0 saturated heterocycles. The van der Waals surface area contributed by atoms with E-state index in [-0.39, 0.29) is 11.7 Å². The van der Waals surface area contributed by atoms with Crippen LogP contribution < -0.4 is 0 Å². The molecular weight excluding hydrogens is 234 g/mol. The minimum Gasteiger partial charge on any atom is -0.298 e. The molecule has 0 radical (unpaired) electrons. The number of carbonyl (C=O) groups is 1. The normalized spacial score (nSPS) is 13.8. The number of ketones is 1. The number of carbonyl (C=O) groups excluding carboxylic acids is 1. The fraction of sp³-hybridized carbons (Fsp3) is 0.429. The topological polar surface area (TPSA) is 40.9 Å². The van der Waals surface area contributed by atoms with Crippen LogP contribution in [0.25, 0.3) is 0 Å². The first-order chi connectivity index (χ1) is 8.10. The molecule has 2 unspecified atom stereocenters. The van der Waals surface area contributed by atoms with Crippen LogP contribution in [0, 0.1) is 17.2 Å². The van der Waals surface area contributed by atoms with E-state index in [0.29, 0.717) is 10.6 Å². The largest absolute Gasteiger partial charge is 0.298 e. The van der Waals surface area contributed by atoms with Gasteiger partial charge >= 0.3 is 0 Å². The fourth-order valence-corrected chi connectivity index (χ4v) is 2.05. The Morgan fingerprint density at radius 3 is 2.76 bits per heavy atom. The van der Waals surface area contributed by atoms with Gasteiger partial charge in [0.15, 0.2) is 5.78 Å². The molecule has 1 aromatic carbocycles. The Hall–Kier alpha value is -1.33. The zero-order valence-corrected chi connectivity index (χ0v) is 10.9. The van der Waals surface area contributed by atoms with Gasteiger partial charge in [-0.3, -0.25) is 4.79 Å². The van der Waals surface area contributed by atoms with Gasteiger partial charge in [0.1, 0.15) is 5.92 Å². The van der Waals surface area contributed by atoms with Crippen LogP contribution in [0.5, 0.6) is 0 Å². The van der Waals surface area contributed by atoms with Crippen molar-refractivity contribution >= 4 is 17.4 Å². The van der Waals surface area contributed by atoms with Crippen LogP contribution in [-0.2, 0) is 4.79 Å². The van der Waals surface area contributed by atoms with Crippen molar-refractivity contribution in [2.75, 3.05) is 0 Å². The third-order valence-corrected chi connectivity index (χ3v) is 3.04. The quantitative estimate of drug-likeness (QED) is 0.793. The second-order valence-electron chi connectivity index (χ2n) is 4.21. The summed E-state index contributed by atoms with van der Waals surface area (Å²) in [5, 5.41) is 9.70. The van der Waals surface area contributed by atoms with Gasteiger partial charge in [-0.05, 0) is 24.1 Å². The Bertz CT molecular complexity index is 436. The van der Waals surface area contributed by atoms with Gasteiger partial charge < -0.3 is 0 Å². The molecule has 0 aliphatic heterocycles. The van der Waals surface area contributed by atoms with Gasteiger partial charge in [-0.15, -0.1) is 0 Å². The number of Topliss-reactive ketones (excluding diaryl/α,β-unsaturated/α-hetero) is 1. The molecule has 0 bridgehead atoms. The van der Waals surface area contributed by atoms with E-state index in [1.54, 1.807) is 24.3 Å². The Morgan fingerprint density at radius 2 is 2.24 bits per heavy atom. The number of hydrogen-bond donors (Lipinski definition) is 0. The molecule has 0 aliphatic carbocycles. The van der Waals surface area contributed by atoms with Crippen molar-refractivity contribution in [2.45, 2.75) is 32.6 Å². The van der Waals surface area contributed by atoms with Crippen LogP contribution in [0.1, 0.15) is 38.2 Å². The number of rotatable bonds is 5. The second-order valence-corrected chi connectivity index (χ2v) is 4.65. The average molecular weight is 250 g/mol. The maximum atomic E-state index is 12.1. The standard InChI is InChI=1S/C14H16ClNO/c1-3-5-10(2)14(17)13(9-16)11-6-4-7-12(15)8-11/h4,6-8,10,13H,3,5H2,1-2H3. The highest BCUT2D eigenvalue weighted by Crippen LogP contribution is 2.24. The van der Waals surface area contributed by atoms with Crippen molar-refractivity contribution in [3.63, 3.8) is 0 Å². The third-order valence-electron chi connectivity index (χ3n) is 2.80. The Balaban J connectivity index is 2.93. The number of hydrogen-bond acceptors (Lipinski definition) is 2. The van der Waals surface area contributed by atoms with Crippen molar-refractivity contribution in [3.8, 4) is 6.07 Å². The number of nitrogens with zero attached hydrogens (tertiary/aromatic N) is 1. The van der Waals surface area contributed by atoms with E-state index >= 15 is 0 Å². The van der Waals surface area contributed by atoms with Gasteiger partial charge in [-0.25, -0.2) is 0 Å². The van der Waals surface area contributed by atoms with E-state index in [9.17, 15) is 4.79 Å². The third kappa shape index (κ3) is 3.57. The minimum absolute atomic E-state index is 0.0170. The monoisotopic (exact) mass is 249 g/mol. The molecule has 1 rings (SSSR count). The molecule has 2 atom stereocenters. The van der Waals surface area contributed by atoms with Gasteiger partial charge in [-0.2, -0.15) is 5.26 Å². The van der Waals surface area contributed by atoms with Crippen LogP contribution in [0.15, 0.2) is 24.3 Å². The molecule has 2 nitrogen and oxygen atoms in total. The summed E-state index contributed by atoms with van der Waals surface area (Å²) in [5.41, 5.74) is 0.688. The Labute approximate surface area is 107 Å². The molecule has 3 heteroatoms. The summed E-state index contributed by atoms with van der Waals surface area (Å²) in [6, 6.07) is 9.04. The minimum atomic E-state index is -0.699. The summed E-state index contributed by atoms with van der Waals surface area (Å²) in [6.45, 7) is 3.91. The zero-order chi connectivity index (χ0) is 12.8. The molecule has 1 aromatic rings. The molecule has 0 N–H and O–H groups in total. The molecule has 0 saturated carbocycles. The van der Waals surface area contributed by atoms with E-state index < -0.39 is 5.92 Å². The lowest BCUT2D eigenvalue weighted by Crippen LogP contribution is -2.19. The van der Waals surface area contributed by atoms with Crippen LogP contribution >= 0.6 is 11.6 Å². The molecule has 90 valence electrons. The van der Waals surface area contributed by atoms with Gasteiger partial charge in [0.25, 0.3) is 0 Å². The van der Waals surface area contributed by atoms with E-state index in [4.69, 9.17) is 16.9 Å². The van der Waals surface area contributed by atoms with Crippen molar-refractivity contribution in [1.82, 2.24) is 0 Å². The van der Waals surface area contributed by atoms with Crippen LogP contribution in [-0.4, -0.2) is 5.78 Å².